The molecule has 158 valence electrons. The van der Waals surface area contributed by atoms with Gasteiger partial charge in [-0.1, -0.05) is 42.5 Å². The van der Waals surface area contributed by atoms with Crippen molar-refractivity contribution in [3.8, 4) is 11.5 Å². The minimum atomic E-state index is -0.535. The van der Waals surface area contributed by atoms with Crippen LogP contribution in [0.1, 0.15) is 24.2 Å². The van der Waals surface area contributed by atoms with Crippen molar-refractivity contribution in [2.75, 3.05) is 18.0 Å². The fourth-order valence-corrected chi connectivity index (χ4v) is 3.56. The fourth-order valence-electron chi connectivity index (χ4n) is 3.56. The summed E-state index contributed by atoms with van der Waals surface area (Å²) in [5.41, 5.74) is 3.41. The van der Waals surface area contributed by atoms with Crippen LogP contribution in [0.15, 0.2) is 77.2 Å². The minimum absolute atomic E-state index is 0.0624. The molecule has 6 heteroatoms. The van der Waals surface area contributed by atoms with Crippen LogP contribution < -0.4 is 14.4 Å². The third-order valence-electron chi connectivity index (χ3n) is 5.36. The molecule has 4 aromatic rings. The molecule has 0 saturated carbocycles. The van der Waals surface area contributed by atoms with Crippen LogP contribution in [-0.2, 0) is 6.61 Å². The predicted octanol–water partition coefficient (Wildman–Crippen LogP) is 4.73. The number of hydrogen-bond acceptors (Lipinski definition) is 6. The van der Waals surface area contributed by atoms with Crippen molar-refractivity contribution >= 4 is 17.1 Å². The van der Waals surface area contributed by atoms with E-state index in [1.165, 1.54) is 0 Å². The van der Waals surface area contributed by atoms with Crippen molar-refractivity contribution in [3.05, 3.63) is 83.9 Å². The van der Waals surface area contributed by atoms with Crippen molar-refractivity contribution < 1.29 is 19.0 Å². The second kappa shape index (κ2) is 8.32. The molecule has 1 saturated heterocycles. The lowest BCUT2D eigenvalue weighted by molar-refractivity contribution is 0.161. The second-order valence-electron chi connectivity index (χ2n) is 7.79. The summed E-state index contributed by atoms with van der Waals surface area (Å²) in [6.07, 6.45) is -0.473. The summed E-state index contributed by atoms with van der Waals surface area (Å²) >= 11 is 0. The molecule has 1 atom stereocenters. The van der Waals surface area contributed by atoms with E-state index in [0.717, 1.165) is 28.1 Å². The van der Waals surface area contributed by atoms with Crippen LogP contribution in [0.25, 0.3) is 11.1 Å². The number of nitrogens with zero attached hydrogens (tertiary/aromatic N) is 2. The van der Waals surface area contributed by atoms with Gasteiger partial charge < -0.3 is 23.9 Å². The molecule has 1 aliphatic rings. The lowest BCUT2D eigenvalue weighted by Crippen LogP contribution is -2.54. The average molecular weight is 416 g/mol. The van der Waals surface area contributed by atoms with Crippen LogP contribution in [0.3, 0.4) is 0 Å². The molecule has 0 spiro atoms. The molecule has 3 aromatic carbocycles. The summed E-state index contributed by atoms with van der Waals surface area (Å²) in [7, 11) is 0. The first-order valence-electron chi connectivity index (χ1n) is 10.4. The molecule has 0 unspecified atom stereocenters. The van der Waals surface area contributed by atoms with Crippen LogP contribution in [0, 0.1) is 0 Å². The number of aliphatic hydroxyl groups is 1. The monoisotopic (exact) mass is 416 g/mol. The number of aliphatic hydroxyl groups excluding tert-OH is 1. The second-order valence-corrected chi connectivity index (χ2v) is 7.79. The Labute approximate surface area is 180 Å². The maximum Gasteiger partial charge on any atom is 0.298 e. The fraction of sp³-hybridized carbons (Fsp3) is 0.240. The first kappa shape index (κ1) is 19.5. The molecular formula is C25H24N2O4. The first-order valence-corrected chi connectivity index (χ1v) is 10.4. The summed E-state index contributed by atoms with van der Waals surface area (Å²) in [6, 6.07) is 24.0. The van der Waals surface area contributed by atoms with Gasteiger partial charge in [-0.2, -0.15) is 4.98 Å². The van der Waals surface area contributed by atoms with Crippen LogP contribution in [0.4, 0.5) is 6.01 Å². The predicted molar refractivity (Wildman–Crippen MR) is 118 cm³/mol. The number of fused-ring (bicyclic) bond motifs is 1. The molecule has 0 radical (unpaired) electrons. The zero-order valence-electron chi connectivity index (χ0n) is 17.3. The van der Waals surface area contributed by atoms with Crippen LogP contribution >= 0.6 is 0 Å². The standard InChI is InChI=1S/C25H24N2O4/c1-17(28)19-10-11-23-24(12-19)31-25(26-23)27-14-22(15-27)30-21-9-5-8-20(13-21)29-16-18-6-3-2-4-7-18/h2-13,17,22,28H,14-16H2,1H3/t17-/m1/s1. The van der Waals surface area contributed by atoms with Gasteiger partial charge in [-0.05, 0) is 42.3 Å². The van der Waals surface area contributed by atoms with E-state index in [4.69, 9.17) is 13.9 Å². The lowest BCUT2D eigenvalue weighted by atomic mass is 10.1. The van der Waals surface area contributed by atoms with Gasteiger partial charge in [-0.15, -0.1) is 0 Å². The summed E-state index contributed by atoms with van der Waals surface area (Å²) < 4.78 is 17.9. The largest absolute Gasteiger partial charge is 0.489 e. The molecule has 31 heavy (non-hydrogen) atoms. The molecule has 1 N–H and O–H groups in total. The number of hydrogen-bond donors (Lipinski definition) is 1. The van der Waals surface area contributed by atoms with Gasteiger partial charge in [0.25, 0.3) is 6.01 Å². The van der Waals surface area contributed by atoms with Gasteiger partial charge in [0.15, 0.2) is 5.58 Å². The molecule has 0 bridgehead atoms. The van der Waals surface area contributed by atoms with E-state index < -0.39 is 6.10 Å². The van der Waals surface area contributed by atoms with Crippen molar-refractivity contribution in [2.45, 2.75) is 25.7 Å². The van der Waals surface area contributed by atoms with E-state index in [2.05, 4.69) is 4.98 Å². The van der Waals surface area contributed by atoms with Gasteiger partial charge in [-0.3, -0.25) is 0 Å². The van der Waals surface area contributed by atoms with Crippen LogP contribution in [-0.4, -0.2) is 29.3 Å². The van der Waals surface area contributed by atoms with Crippen LogP contribution in [0.2, 0.25) is 0 Å². The summed E-state index contributed by atoms with van der Waals surface area (Å²) in [5, 5.41) is 9.74. The Balaban J connectivity index is 1.17. The quantitative estimate of drug-likeness (QED) is 0.470. The van der Waals surface area contributed by atoms with E-state index in [-0.39, 0.29) is 6.10 Å². The SMILES string of the molecule is C[C@@H](O)c1ccc2nc(N3CC(Oc4cccc(OCc5ccccc5)c4)C3)oc2c1. The molecule has 2 heterocycles. The molecule has 1 aromatic heterocycles. The number of aromatic nitrogens is 1. The Morgan fingerprint density at radius 2 is 1.84 bits per heavy atom. The van der Waals surface area contributed by atoms with Crippen molar-refractivity contribution in [3.63, 3.8) is 0 Å². The highest BCUT2D eigenvalue weighted by Crippen LogP contribution is 2.29. The third-order valence-corrected chi connectivity index (χ3v) is 5.36. The van der Waals surface area contributed by atoms with Crippen molar-refractivity contribution in [2.24, 2.45) is 0 Å². The number of rotatable bonds is 7. The maximum atomic E-state index is 9.74. The first-order chi connectivity index (χ1) is 15.1. The highest BCUT2D eigenvalue weighted by atomic mass is 16.5. The topological polar surface area (TPSA) is 68.0 Å². The average Bonchev–Trinajstić information content (AvgIpc) is 3.18. The molecule has 5 rings (SSSR count). The minimum Gasteiger partial charge on any atom is -0.489 e. The lowest BCUT2D eigenvalue weighted by Gasteiger charge is -2.37. The zero-order chi connectivity index (χ0) is 21.2. The van der Waals surface area contributed by atoms with E-state index in [1.54, 1.807) is 6.92 Å². The zero-order valence-corrected chi connectivity index (χ0v) is 17.3. The smallest absolute Gasteiger partial charge is 0.298 e. The van der Waals surface area contributed by atoms with Crippen LogP contribution in [0.5, 0.6) is 11.5 Å². The Bertz CT molecular complexity index is 1170. The van der Waals surface area contributed by atoms with Gasteiger partial charge >= 0.3 is 0 Å². The normalized spacial score (nSPS) is 15.0. The summed E-state index contributed by atoms with van der Waals surface area (Å²) in [5.74, 6) is 1.57. The Hall–Kier alpha value is -3.51. The van der Waals surface area contributed by atoms with E-state index >= 15 is 0 Å². The third kappa shape index (κ3) is 4.34. The summed E-state index contributed by atoms with van der Waals surface area (Å²) in [4.78, 5) is 6.59. The molecule has 0 aliphatic carbocycles. The molecule has 1 fully saturated rings. The number of ether oxygens (including phenoxy) is 2. The highest BCUT2D eigenvalue weighted by Gasteiger charge is 2.32. The van der Waals surface area contributed by atoms with E-state index in [0.29, 0.717) is 31.3 Å². The van der Waals surface area contributed by atoms with Gasteiger partial charge in [0.2, 0.25) is 0 Å². The van der Waals surface area contributed by atoms with Crippen molar-refractivity contribution in [1.82, 2.24) is 4.98 Å². The number of benzene rings is 3. The highest BCUT2D eigenvalue weighted by molar-refractivity contribution is 5.75. The maximum absolute atomic E-state index is 9.74. The summed E-state index contributed by atoms with van der Waals surface area (Å²) in [6.45, 7) is 3.66. The van der Waals surface area contributed by atoms with Gasteiger partial charge in [0, 0.05) is 6.07 Å². The number of anilines is 1. The Morgan fingerprint density at radius 1 is 1.03 bits per heavy atom. The molecule has 6 nitrogen and oxygen atoms in total. The molecule has 0 amide bonds. The molecule has 1 aliphatic heterocycles. The van der Waals surface area contributed by atoms with Crippen molar-refractivity contribution in [1.29, 1.82) is 0 Å². The van der Waals surface area contributed by atoms with E-state index in [9.17, 15) is 5.11 Å². The van der Waals surface area contributed by atoms with E-state index in [1.807, 2.05) is 77.7 Å². The number of oxazole rings is 1. The Morgan fingerprint density at radius 3 is 2.65 bits per heavy atom. The van der Waals surface area contributed by atoms with Gasteiger partial charge in [0.1, 0.15) is 29.7 Å². The van der Waals surface area contributed by atoms with Gasteiger partial charge in [-0.25, -0.2) is 0 Å². The Kier molecular flexibility index (Phi) is 5.22. The molecular weight excluding hydrogens is 392 g/mol. The van der Waals surface area contributed by atoms with Gasteiger partial charge in [0.05, 0.1) is 19.2 Å².